The molecule has 5 aliphatic rings. The molecule has 0 aromatic carbocycles. The lowest BCUT2D eigenvalue weighted by atomic mass is 9.38. The van der Waals surface area contributed by atoms with Crippen molar-refractivity contribution in [3.63, 3.8) is 0 Å². The van der Waals surface area contributed by atoms with Gasteiger partial charge in [-0.05, 0) is 103 Å². The highest BCUT2D eigenvalue weighted by atomic mass is 16.5. The molecule has 4 saturated carbocycles. The van der Waals surface area contributed by atoms with Gasteiger partial charge in [-0.25, -0.2) is 0 Å². The van der Waals surface area contributed by atoms with Gasteiger partial charge in [0.1, 0.15) is 0 Å². The fourth-order valence-electron chi connectivity index (χ4n) is 10.2. The predicted molar refractivity (Wildman–Crippen MR) is 144 cm³/mol. The topological polar surface area (TPSA) is 63.6 Å². The van der Waals surface area contributed by atoms with E-state index in [1.54, 1.807) is 0 Å². The van der Waals surface area contributed by atoms with Gasteiger partial charge in [0.15, 0.2) is 5.78 Å². The van der Waals surface area contributed by atoms with Gasteiger partial charge in [-0.3, -0.25) is 9.59 Å². The van der Waals surface area contributed by atoms with Crippen molar-refractivity contribution in [1.29, 1.82) is 0 Å². The maximum absolute atomic E-state index is 14.1. The summed E-state index contributed by atoms with van der Waals surface area (Å²) in [6, 6.07) is 0. The Kier molecular flexibility index (Phi) is 6.93. The quantitative estimate of drug-likeness (QED) is 0.389. The SMILES string of the molecule is CC.COC(=O)C12CCC3C(C(=O)C=C4C3(C)CCC3C4(C)CCC(O)C3(C)C)C1CC(C)(C)CC2. The summed E-state index contributed by atoms with van der Waals surface area (Å²) in [5, 5.41) is 10.8. The third-order valence-electron chi connectivity index (χ3n) is 12.2. The molecule has 0 aromatic heterocycles. The molecule has 0 aliphatic heterocycles. The van der Waals surface area contributed by atoms with Crippen LogP contribution in [0.4, 0.5) is 0 Å². The van der Waals surface area contributed by atoms with Crippen LogP contribution in [0.1, 0.15) is 113 Å². The summed E-state index contributed by atoms with van der Waals surface area (Å²) < 4.78 is 5.40. The zero-order valence-corrected chi connectivity index (χ0v) is 24.5. The van der Waals surface area contributed by atoms with Crippen molar-refractivity contribution >= 4 is 11.8 Å². The van der Waals surface area contributed by atoms with Crippen molar-refractivity contribution < 1.29 is 19.4 Å². The number of aliphatic hydroxyl groups is 1. The van der Waals surface area contributed by atoms with Gasteiger partial charge in [0.05, 0.1) is 18.6 Å². The molecule has 5 aliphatic carbocycles. The van der Waals surface area contributed by atoms with Crippen molar-refractivity contribution in [3.05, 3.63) is 11.6 Å². The zero-order chi connectivity index (χ0) is 26.9. The predicted octanol–water partition coefficient (Wildman–Crippen LogP) is 7.14. The minimum atomic E-state index is -0.499. The highest BCUT2D eigenvalue weighted by Gasteiger charge is 2.67. The number of methoxy groups -OCH3 is 1. The number of fused-ring (bicyclic) bond motifs is 7. The lowest BCUT2D eigenvalue weighted by Crippen LogP contribution is -2.62. The maximum Gasteiger partial charge on any atom is 0.312 e. The van der Waals surface area contributed by atoms with Crippen LogP contribution in [0, 0.1) is 50.7 Å². The largest absolute Gasteiger partial charge is 0.469 e. The van der Waals surface area contributed by atoms with Crippen LogP contribution in [0.25, 0.3) is 0 Å². The van der Waals surface area contributed by atoms with Gasteiger partial charge in [0, 0.05) is 5.92 Å². The first-order chi connectivity index (χ1) is 16.7. The summed E-state index contributed by atoms with van der Waals surface area (Å²) in [4.78, 5) is 27.4. The second-order valence-corrected chi connectivity index (χ2v) is 14.6. The standard InChI is InChI=1S/C30H46O4.C2H6/c1-26(2)14-15-30(25(33)34-7)13-8-18-24(19(30)17-26)20(31)16-22-28(18,5)11-9-21-27(3,4)23(32)10-12-29(21,22)6;1-2/h16,18-19,21,23-24,32H,8-15,17H2,1-7H3;1-2H3. The van der Waals surface area contributed by atoms with Crippen LogP contribution >= 0.6 is 0 Å². The van der Waals surface area contributed by atoms with E-state index in [-0.39, 0.29) is 51.4 Å². The molecule has 8 unspecified atom stereocenters. The summed E-state index contributed by atoms with van der Waals surface area (Å²) in [7, 11) is 1.52. The van der Waals surface area contributed by atoms with Crippen LogP contribution in [0.2, 0.25) is 0 Å². The highest BCUT2D eigenvalue weighted by Crippen LogP contribution is 2.71. The van der Waals surface area contributed by atoms with Gasteiger partial charge in [-0.15, -0.1) is 0 Å². The number of aliphatic hydroxyl groups excluding tert-OH is 1. The van der Waals surface area contributed by atoms with E-state index in [1.807, 2.05) is 13.8 Å². The first kappa shape index (κ1) is 27.9. The summed E-state index contributed by atoms with van der Waals surface area (Å²) in [5.74, 6) is 0.850. The minimum Gasteiger partial charge on any atom is -0.469 e. The van der Waals surface area contributed by atoms with Crippen LogP contribution in [-0.2, 0) is 14.3 Å². The van der Waals surface area contributed by atoms with E-state index in [1.165, 1.54) is 12.7 Å². The normalized spacial score (nSPS) is 46.4. The Balaban J connectivity index is 0.00000148. The third-order valence-corrected chi connectivity index (χ3v) is 12.2. The second kappa shape index (κ2) is 8.95. The van der Waals surface area contributed by atoms with E-state index >= 15 is 0 Å². The van der Waals surface area contributed by atoms with E-state index in [2.05, 4.69) is 47.6 Å². The number of carbonyl (C=O) groups is 2. The smallest absolute Gasteiger partial charge is 0.312 e. The Labute approximate surface area is 220 Å². The van der Waals surface area contributed by atoms with Gasteiger partial charge in [-0.1, -0.05) is 61.0 Å². The van der Waals surface area contributed by atoms with Crippen LogP contribution in [0.5, 0.6) is 0 Å². The third kappa shape index (κ3) is 3.70. The number of rotatable bonds is 1. The molecule has 4 fully saturated rings. The Morgan fingerprint density at radius 1 is 0.889 bits per heavy atom. The molecular formula is C32H52O4. The van der Waals surface area contributed by atoms with E-state index in [0.29, 0.717) is 11.8 Å². The molecule has 4 heteroatoms. The molecule has 8 atom stereocenters. The van der Waals surface area contributed by atoms with E-state index < -0.39 is 5.41 Å². The zero-order valence-electron chi connectivity index (χ0n) is 24.5. The van der Waals surface area contributed by atoms with Crippen LogP contribution in [0.15, 0.2) is 11.6 Å². The van der Waals surface area contributed by atoms with Crippen molar-refractivity contribution in [1.82, 2.24) is 0 Å². The van der Waals surface area contributed by atoms with E-state index in [9.17, 15) is 14.7 Å². The van der Waals surface area contributed by atoms with Crippen LogP contribution < -0.4 is 0 Å². The number of ether oxygens (including phenoxy) is 1. The molecule has 4 nitrogen and oxygen atoms in total. The van der Waals surface area contributed by atoms with Crippen LogP contribution in [0.3, 0.4) is 0 Å². The molecule has 0 spiro atoms. The molecule has 5 rings (SSSR count). The molecule has 0 aromatic rings. The van der Waals surface area contributed by atoms with Gasteiger partial charge in [0.2, 0.25) is 0 Å². The monoisotopic (exact) mass is 500 g/mol. The Morgan fingerprint density at radius 3 is 2.17 bits per heavy atom. The molecule has 204 valence electrons. The lowest BCUT2D eigenvalue weighted by molar-refractivity contribution is -0.180. The van der Waals surface area contributed by atoms with E-state index in [4.69, 9.17) is 4.74 Å². The second-order valence-electron chi connectivity index (χ2n) is 14.6. The summed E-state index contributed by atoms with van der Waals surface area (Å²) >= 11 is 0. The molecule has 36 heavy (non-hydrogen) atoms. The average Bonchev–Trinajstić information content (AvgIpc) is 2.83. The van der Waals surface area contributed by atoms with Gasteiger partial charge in [0.25, 0.3) is 0 Å². The van der Waals surface area contributed by atoms with Crippen molar-refractivity contribution in [3.8, 4) is 0 Å². The summed E-state index contributed by atoms with van der Waals surface area (Å²) in [6.45, 7) is 17.9. The molecule has 0 amide bonds. The molecule has 0 heterocycles. The van der Waals surface area contributed by atoms with E-state index in [0.717, 1.165) is 57.8 Å². The first-order valence-corrected chi connectivity index (χ1v) is 14.8. The molecule has 0 radical (unpaired) electrons. The number of ketones is 1. The number of esters is 1. The average molecular weight is 501 g/mol. The lowest BCUT2D eigenvalue weighted by Gasteiger charge is -2.66. The molecule has 1 N–H and O–H groups in total. The van der Waals surface area contributed by atoms with Crippen molar-refractivity contribution in [2.75, 3.05) is 7.11 Å². The number of carbonyl (C=O) groups excluding carboxylic acids is 2. The number of allylic oxidation sites excluding steroid dienone is 2. The summed E-state index contributed by atoms with van der Waals surface area (Å²) in [5.41, 5.74) is 0.812. The Bertz CT molecular complexity index is 930. The molecule has 0 bridgehead atoms. The van der Waals surface area contributed by atoms with Crippen LogP contribution in [-0.4, -0.2) is 30.1 Å². The Hall–Kier alpha value is -1.16. The van der Waals surface area contributed by atoms with Gasteiger partial charge in [-0.2, -0.15) is 0 Å². The number of hydrogen-bond donors (Lipinski definition) is 1. The molecule has 0 saturated heterocycles. The maximum atomic E-state index is 14.1. The first-order valence-electron chi connectivity index (χ1n) is 14.8. The molecular weight excluding hydrogens is 448 g/mol. The van der Waals surface area contributed by atoms with Crippen molar-refractivity contribution in [2.24, 2.45) is 50.7 Å². The number of hydrogen-bond acceptors (Lipinski definition) is 4. The fourth-order valence-corrected chi connectivity index (χ4v) is 10.2. The summed E-state index contributed by atoms with van der Waals surface area (Å²) in [6.07, 6.45) is 10.3. The van der Waals surface area contributed by atoms with Gasteiger partial charge >= 0.3 is 5.97 Å². The Morgan fingerprint density at radius 2 is 1.53 bits per heavy atom. The fraction of sp³-hybridized carbons (Fsp3) is 0.875. The minimum absolute atomic E-state index is 0.00787. The van der Waals surface area contributed by atoms with Gasteiger partial charge < -0.3 is 9.84 Å². The highest BCUT2D eigenvalue weighted by molar-refractivity contribution is 5.95. The van der Waals surface area contributed by atoms with Crippen molar-refractivity contribution in [2.45, 2.75) is 119 Å².